The molecule has 7 nitrogen and oxygen atoms in total. The van der Waals surface area contributed by atoms with Gasteiger partial charge in [0.05, 0.1) is 22.1 Å². The summed E-state index contributed by atoms with van der Waals surface area (Å²) < 4.78 is 2.27. The molecule has 2 aromatic carbocycles. The zero-order valence-electron chi connectivity index (χ0n) is 17.4. The first-order chi connectivity index (χ1) is 14.2. The van der Waals surface area contributed by atoms with Crippen LogP contribution in [0.2, 0.25) is 0 Å². The van der Waals surface area contributed by atoms with Crippen molar-refractivity contribution in [1.29, 1.82) is 0 Å². The van der Waals surface area contributed by atoms with Gasteiger partial charge in [-0.15, -0.1) is 24.0 Å². The molecule has 0 radical (unpaired) electrons. The van der Waals surface area contributed by atoms with E-state index in [1.54, 1.807) is 7.05 Å². The molecule has 8 heteroatoms. The van der Waals surface area contributed by atoms with Crippen LogP contribution in [-0.4, -0.2) is 45.6 Å². The maximum absolute atomic E-state index is 4.63. The van der Waals surface area contributed by atoms with Crippen molar-refractivity contribution in [1.82, 2.24) is 30.2 Å². The molecule has 0 fully saturated rings. The Morgan fingerprint density at radius 2 is 1.73 bits per heavy atom. The van der Waals surface area contributed by atoms with E-state index in [4.69, 9.17) is 0 Å². The van der Waals surface area contributed by atoms with Gasteiger partial charge < -0.3 is 20.2 Å². The molecule has 2 heterocycles. The number of nitrogens with zero attached hydrogens (tertiary/aromatic N) is 4. The van der Waals surface area contributed by atoms with Crippen molar-refractivity contribution in [2.24, 2.45) is 4.99 Å². The second kappa shape index (κ2) is 10.4. The zero-order chi connectivity index (χ0) is 20.1. The maximum Gasteiger partial charge on any atom is 0.190 e. The third kappa shape index (κ3) is 5.10. The number of nitrogens with one attached hydrogen (secondary N) is 3. The van der Waals surface area contributed by atoms with E-state index in [0.29, 0.717) is 0 Å². The molecule has 4 aromatic rings. The topological polar surface area (TPSA) is 82.9 Å². The lowest BCUT2D eigenvalue weighted by Crippen LogP contribution is -2.39. The maximum atomic E-state index is 4.63. The Balaban J connectivity index is 0.00000256. The average molecular weight is 517 g/mol. The standard InChI is InChI=1S/C22H27N7.HI/c1-16-26-19-10-5-6-11-20(19)29(16)15-7-13-24-22(23-2)25-14-12-21-27-17-8-3-4-9-18(17)28-21;/h3-6,8-11H,7,12-15H2,1-2H3,(H,27,28)(H2,23,24,25);1H. The molecule has 0 unspecified atom stereocenters. The van der Waals surface area contributed by atoms with E-state index in [-0.39, 0.29) is 24.0 Å². The minimum absolute atomic E-state index is 0. The summed E-state index contributed by atoms with van der Waals surface area (Å²) in [5.74, 6) is 2.85. The predicted octanol–water partition coefficient (Wildman–Crippen LogP) is 3.64. The molecule has 158 valence electrons. The average Bonchev–Trinajstić information content (AvgIpc) is 3.29. The van der Waals surface area contributed by atoms with Crippen molar-refractivity contribution in [3.63, 3.8) is 0 Å². The second-order valence-electron chi connectivity index (χ2n) is 7.03. The number of benzene rings is 2. The highest BCUT2D eigenvalue weighted by Gasteiger charge is 2.06. The van der Waals surface area contributed by atoms with Crippen LogP contribution in [-0.2, 0) is 13.0 Å². The molecule has 4 rings (SSSR count). The number of halogens is 1. The molecule has 30 heavy (non-hydrogen) atoms. The SMILES string of the molecule is CN=C(NCCCn1c(C)nc2ccccc21)NCCc1nc2ccccc2[nH]1.I. The molecule has 3 N–H and O–H groups in total. The predicted molar refractivity (Wildman–Crippen MR) is 134 cm³/mol. The van der Waals surface area contributed by atoms with Crippen molar-refractivity contribution in [2.45, 2.75) is 26.3 Å². The first kappa shape index (κ1) is 22.1. The molecule has 0 bridgehead atoms. The van der Waals surface area contributed by atoms with Crippen LogP contribution in [0.1, 0.15) is 18.1 Å². The van der Waals surface area contributed by atoms with Crippen LogP contribution in [0.5, 0.6) is 0 Å². The number of aromatic nitrogens is 4. The fraction of sp³-hybridized carbons (Fsp3) is 0.318. The Morgan fingerprint density at radius 1 is 1.00 bits per heavy atom. The molecule has 0 atom stereocenters. The van der Waals surface area contributed by atoms with Gasteiger partial charge in [-0.2, -0.15) is 0 Å². The van der Waals surface area contributed by atoms with E-state index in [9.17, 15) is 0 Å². The van der Waals surface area contributed by atoms with Gasteiger partial charge in [0.25, 0.3) is 0 Å². The van der Waals surface area contributed by atoms with Gasteiger partial charge in [-0.05, 0) is 37.6 Å². The van der Waals surface area contributed by atoms with E-state index >= 15 is 0 Å². The molecule has 0 saturated heterocycles. The molecule has 0 amide bonds. The number of aliphatic imine (C=N–C) groups is 1. The molecule has 0 aliphatic rings. The third-order valence-electron chi connectivity index (χ3n) is 5.01. The van der Waals surface area contributed by atoms with Gasteiger partial charge >= 0.3 is 0 Å². The molecular weight excluding hydrogens is 489 g/mol. The van der Waals surface area contributed by atoms with Gasteiger partial charge in [0.15, 0.2) is 5.96 Å². The summed E-state index contributed by atoms with van der Waals surface area (Å²) in [6.07, 6.45) is 1.81. The molecular formula is C22H28IN7. The van der Waals surface area contributed by atoms with Crippen molar-refractivity contribution < 1.29 is 0 Å². The van der Waals surface area contributed by atoms with Crippen molar-refractivity contribution in [2.75, 3.05) is 20.1 Å². The highest BCUT2D eigenvalue weighted by molar-refractivity contribution is 14.0. The Labute approximate surface area is 193 Å². The normalized spacial score (nSPS) is 11.6. The summed E-state index contributed by atoms with van der Waals surface area (Å²) in [7, 11) is 1.80. The molecule has 0 aliphatic carbocycles. The summed E-state index contributed by atoms with van der Waals surface area (Å²) in [5.41, 5.74) is 4.33. The number of hydrogen-bond acceptors (Lipinski definition) is 3. The quantitative estimate of drug-likeness (QED) is 0.151. The monoisotopic (exact) mass is 517 g/mol. The van der Waals surface area contributed by atoms with Crippen LogP contribution in [0.25, 0.3) is 22.1 Å². The number of hydrogen-bond donors (Lipinski definition) is 3. The largest absolute Gasteiger partial charge is 0.356 e. The number of fused-ring (bicyclic) bond motifs is 2. The van der Waals surface area contributed by atoms with E-state index < -0.39 is 0 Å². The summed E-state index contributed by atoms with van der Waals surface area (Å²) in [6.45, 7) is 4.60. The Morgan fingerprint density at radius 3 is 2.53 bits per heavy atom. The lowest BCUT2D eigenvalue weighted by molar-refractivity contribution is 0.624. The van der Waals surface area contributed by atoms with Gasteiger partial charge in [-0.1, -0.05) is 24.3 Å². The van der Waals surface area contributed by atoms with Crippen molar-refractivity contribution in [3.05, 3.63) is 60.2 Å². The van der Waals surface area contributed by atoms with Crippen molar-refractivity contribution >= 4 is 52.0 Å². The van der Waals surface area contributed by atoms with Gasteiger partial charge in [-0.25, -0.2) is 9.97 Å². The van der Waals surface area contributed by atoms with Crippen LogP contribution in [0, 0.1) is 6.92 Å². The van der Waals surface area contributed by atoms with Crippen LogP contribution in [0.15, 0.2) is 53.5 Å². The first-order valence-corrected chi connectivity index (χ1v) is 10.0. The number of H-pyrrole nitrogens is 1. The Bertz CT molecular complexity index is 1100. The summed E-state index contributed by atoms with van der Waals surface area (Å²) in [4.78, 5) is 16.9. The number of aryl methyl sites for hydroxylation is 2. The summed E-state index contributed by atoms with van der Waals surface area (Å²) in [6, 6.07) is 16.4. The second-order valence-corrected chi connectivity index (χ2v) is 7.03. The van der Waals surface area contributed by atoms with Crippen LogP contribution >= 0.6 is 24.0 Å². The molecule has 0 saturated carbocycles. The van der Waals surface area contributed by atoms with Crippen LogP contribution in [0.3, 0.4) is 0 Å². The first-order valence-electron chi connectivity index (χ1n) is 10.0. The minimum Gasteiger partial charge on any atom is -0.356 e. The Hall–Kier alpha value is -2.62. The van der Waals surface area contributed by atoms with E-state index in [2.05, 4.69) is 60.3 Å². The van der Waals surface area contributed by atoms with Gasteiger partial charge in [0.2, 0.25) is 0 Å². The van der Waals surface area contributed by atoms with Gasteiger partial charge in [0, 0.05) is 33.1 Å². The van der Waals surface area contributed by atoms with E-state index in [1.165, 1.54) is 5.52 Å². The zero-order valence-corrected chi connectivity index (χ0v) is 19.7. The smallest absolute Gasteiger partial charge is 0.190 e. The third-order valence-corrected chi connectivity index (χ3v) is 5.01. The van der Waals surface area contributed by atoms with E-state index in [1.807, 2.05) is 30.3 Å². The van der Waals surface area contributed by atoms with Gasteiger partial charge in [-0.3, -0.25) is 4.99 Å². The van der Waals surface area contributed by atoms with Gasteiger partial charge in [0.1, 0.15) is 11.6 Å². The number of para-hydroxylation sites is 4. The fourth-order valence-corrected chi connectivity index (χ4v) is 3.57. The number of rotatable bonds is 7. The highest BCUT2D eigenvalue weighted by atomic mass is 127. The lowest BCUT2D eigenvalue weighted by Gasteiger charge is -2.12. The number of imidazole rings is 2. The minimum atomic E-state index is 0. The van der Waals surface area contributed by atoms with Crippen molar-refractivity contribution in [3.8, 4) is 0 Å². The van der Waals surface area contributed by atoms with E-state index in [0.717, 1.165) is 66.6 Å². The van der Waals surface area contributed by atoms with Crippen LogP contribution in [0.4, 0.5) is 0 Å². The number of guanidine groups is 1. The molecule has 0 spiro atoms. The lowest BCUT2D eigenvalue weighted by atomic mass is 10.3. The number of aromatic amines is 1. The fourth-order valence-electron chi connectivity index (χ4n) is 3.57. The highest BCUT2D eigenvalue weighted by Crippen LogP contribution is 2.15. The summed E-state index contributed by atoms with van der Waals surface area (Å²) in [5, 5.41) is 6.74. The van der Waals surface area contributed by atoms with Crippen LogP contribution < -0.4 is 10.6 Å². The Kier molecular flexibility index (Phi) is 7.67. The molecule has 0 aliphatic heterocycles. The summed E-state index contributed by atoms with van der Waals surface area (Å²) >= 11 is 0. The molecule has 2 aromatic heterocycles.